The third-order valence-electron chi connectivity index (χ3n) is 5.71. The number of nitrogens with zero attached hydrogens (tertiary/aromatic N) is 3. The molecule has 4 rings (SSSR count). The summed E-state index contributed by atoms with van der Waals surface area (Å²) in [7, 11) is -2.89. The maximum Gasteiger partial charge on any atom is 0.337 e. The van der Waals surface area contributed by atoms with Crippen LogP contribution in [0, 0.1) is 6.92 Å². The van der Waals surface area contributed by atoms with Crippen LogP contribution in [-0.2, 0) is 30.9 Å². The van der Waals surface area contributed by atoms with Crippen LogP contribution in [-0.4, -0.2) is 48.6 Å². The summed E-state index contributed by atoms with van der Waals surface area (Å²) in [6.45, 7) is 1.70. The highest BCUT2D eigenvalue weighted by atomic mass is 32.2. The first kappa shape index (κ1) is 24.2. The minimum absolute atomic E-state index is 0.0214. The lowest BCUT2D eigenvalue weighted by atomic mass is 10.2. The maximum atomic E-state index is 13.7. The Hall–Kier alpha value is -3.89. The lowest BCUT2D eigenvalue weighted by molar-refractivity contribution is -0.122. The SMILES string of the molecule is COC(=O)c1ccc(N2C(=O)CC(N(Cc3cccnc3)S(=O)(=O)c3ccc(C)cc3)C2=O)cc1. The summed E-state index contributed by atoms with van der Waals surface area (Å²) in [5.41, 5.74) is 1.96. The molecule has 1 unspecified atom stereocenters. The van der Waals surface area contributed by atoms with E-state index in [2.05, 4.69) is 9.72 Å². The predicted octanol–water partition coefficient (Wildman–Crippen LogP) is 2.70. The highest BCUT2D eigenvalue weighted by Gasteiger charge is 2.47. The number of rotatable bonds is 7. The second kappa shape index (κ2) is 9.77. The molecule has 0 N–H and O–H groups in total. The van der Waals surface area contributed by atoms with Gasteiger partial charge < -0.3 is 4.74 Å². The highest BCUT2D eigenvalue weighted by molar-refractivity contribution is 7.89. The summed E-state index contributed by atoms with van der Waals surface area (Å²) in [5.74, 6) is -1.76. The van der Waals surface area contributed by atoms with Gasteiger partial charge in [0.25, 0.3) is 5.91 Å². The zero-order valence-electron chi connectivity index (χ0n) is 19.1. The molecular weight excluding hydrogens is 470 g/mol. The molecule has 2 aromatic carbocycles. The van der Waals surface area contributed by atoms with Gasteiger partial charge in [-0.25, -0.2) is 18.1 Å². The third kappa shape index (κ3) is 4.84. The van der Waals surface area contributed by atoms with E-state index >= 15 is 0 Å². The summed E-state index contributed by atoms with van der Waals surface area (Å²) in [4.78, 5) is 43.1. The lowest BCUT2D eigenvalue weighted by Crippen LogP contribution is -2.45. The Morgan fingerprint density at radius 1 is 1.09 bits per heavy atom. The fraction of sp³-hybridized carbons (Fsp3) is 0.200. The first-order valence-electron chi connectivity index (χ1n) is 10.7. The van der Waals surface area contributed by atoms with E-state index < -0.39 is 33.8 Å². The summed E-state index contributed by atoms with van der Waals surface area (Å²) in [6.07, 6.45) is 2.76. The Morgan fingerprint density at radius 3 is 2.37 bits per heavy atom. The zero-order valence-corrected chi connectivity index (χ0v) is 19.9. The van der Waals surface area contributed by atoms with Crippen molar-refractivity contribution < 1.29 is 27.5 Å². The van der Waals surface area contributed by atoms with Crippen LogP contribution >= 0.6 is 0 Å². The van der Waals surface area contributed by atoms with E-state index in [1.807, 2.05) is 6.92 Å². The quantitative estimate of drug-likeness (QED) is 0.367. The van der Waals surface area contributed by atoms with Crippen molar-refractivity contribution in [3.05, 3.63) is 89.7 Å². The number of aromatic nitrogens is 1. The van der Waals surface area contributed by atoms with Crippen LogP contribution in [0.15, 0.2) is 78.0 Å². The van der Waals surface area contributed by atoms with E-state index in [0.717, 1.165) is 14.8 Å². The number of hydrogen-bond acceptors (Lipinski definition) is 7. The molecule has 0 radical (unpaired) electrons. The standard InChI is InChI=1S/C25H23N3O6S/c1-17-5-11-21(12-6-17)35(32,33)27(16-18-4-3-13-26-15-18)22-14-23(29)28(24(22)30)20-9-7-19(8-10-20)25(31)34-2/h3-13,15,22H,14,16H2,1-2H3. The summed E-state index contributed by atoms with van der Waals surface area (Å²) >= 11 is 0. The lowest BCUT2D eigenvalue weighted by Gasteiger charge is -2.27. The minimum atomic E-state index is -4.14. The molecule has 1 fully saturated rings. The number of pyridine rings is 1. The molecule has 10 heteroatoms. The van der Waals surface area contributed by atoms with Crippen molar-refractivity contribution in [3.63, 3.8) is 0 Å². The van der Waals surface area contributed by atoms with Crippen LogP contribution in [0.5, 0.6) is 0 Å². The fourth-order valence-corrected chi connectivity index (χ4v) is 5.43. The van der Waals surface area contributed by atoms with Crippen LogP contribution < -0.4 is 4.90 Å². The van der Waals surface area contributed by atoms with Gasteiger partial charge in [-0.15, -0.1) is 0 Å². The Labute approximate surface area is 203 Å². The van der Waals surface area contributed by atoms with Crippen molar-refractivity contribution in [2.24, 2.45) is 0 Å². The van der Waals surface area contributed by atoms with Crippen LogP contribution in [0.4, 0.5) is 5.69 Å². The minimum Gasteiger partial charge on any atom is -0.465 e. The van der Waals surface area contributed by atoms with Gasteiger partial charge in [-0.1, -0.05) is 23.8 Å². The number of carbonyl (C=O) groups is 3. The van der Waals surface area contributed by atoms with Crippen molar-refractivity contribution >= 4 is 33.5 Å². The van der Waals surface area contributed by atoms with E-state index in [1.54, 1.807) is 30.5 Å². The van der Waals surface area contributed by atoms with Crippen molar-refractivity contribution in [1.29, 1.82) is 0 Å². The maximum absolute atomic E-state index is 13.7. The number of methoxy groups -OCH3 is 1. The fourth-order valence-electron chi connectivity index (χ4n) is 3.86. The topological polar surface area (TPSA) is 114 Å². The summed E-state index contributed by atoms with van der Waals surface area (Å²) < 4.78 is 33.0. The van der Waals surface area contributed by atoms with Gasteiger partial charge in [0.1, 0.15) is 6.04 Å². The van der Waals surface area contributed by atoms with Crippen LogP contribution in [0.2, 0.25) is 0 Å². The molecule has 0 spiro atoms. The van der Waals surface area contributed by atoms with Gasteiger partial charge in [-0.05, 0) is 55.0 Å². The number of imide groups is 1. The average molecular weight is 494 g/mol. The molecule has 1 saturated heterocycles. The molecule has 1 atom stereocenters. The van der Waals surface area contributed by atoms with Gasteiger partial charge in [-0.3, -0.25) is 14.6 Å². The summed E-state index contributed by atoms with van der Waals surface area (Å²) in [6, 6.07) is 14.2. The van der Waals surface area contributed by atoms with Gasteiger partial charge in [0.15, 0.2) is 0 Å². The average Bonchev–Trinajstić information content (AvgIpc) is 3.16. The molecule has 1 aliphatic heterocycles. The molecule has 3 aromatic rings. The molecule has 0 bridgehead atoms. The molecule has 0 saturated carbocycles. The smallest absolute Gasteiger partial charge is 0.337 e. The predicted molar refractivity (Wildman–Crippen MR) is 127 cm³/mol. The van der Waals surface area contributed by atoms with Gasteiger partial charge >= 0.3 is 5.97 Å². The van der Waals surface area contributed by atoms with Gasteiger partial charge in [0, 0.05) is 18.9 Å². The first-order valence-corrected chi connectivity index (χ1v) is 12.2. The number of benzene rings is 2. The molecule has 2 heterocycles. The van der Waals surface area contributed by atoms with E-state index in [0.29, 0.717) is 5.56 Å². The van der Waals surface area contributed by atoms with Crippen molar-refractivity contribution in [2.45, 2.75) is 30.8 Å². The van der Waals surface area contributed by atoms with Gasteiger partial charge in [0.2, 0.25) is 15.9 Å². The molecular formula is C25H23N3O6S. The van der Waals surface area contributed by atoms with Crippen molar-refractivity contribution in [2.75, 3.05) is 12.0 Å². The van der Waals surface area contributed by atoms with E-state index in [9.17, 15) is 22.8 Å². The Morgan fingerprint density at radius 2 is 1.77 bits per heavy atom. The molecule has 9 nitrogen and oxygen atoms in total. The highest BCUT2D eigenvalue weighted by Crippen LogP contribution is 2.31. The summed E-state index contributed by atoms with van der Waals surface area (Å²) in [5, 5.41) is 0. The largest absolute Gasteiger partial charge is 0.465 e. The van der Waals surface area contributed by atoms with Crippen LogP contribution in [0.3, 0.4) is 0 Å². The Balaban J connectivity index is 1.70. The van der Waals surface area contributed by atoms with Crippen molar-refractivity contribution in [3.8, 4) is 0 Å². The molecule has 35 heavy (non-hydrogen) atoms. The number of hydrogen-bond donors (Lipinski definition) is 0. The molecule has 180 valence electrons. The first-order chi connectivity index (χ1) is 16.7. The van der Waals surface area contributed by atoms with E-state index in [1.165, 1.54) is 49.7 Å². The monoisotopic (exact) mass is 493 g/mol. The zero-order chi connectivity index (χ0) is 25.2. The van der Waals surface area contributed by atoms with Gasteiger partial charge in [0.05, 0.1) is 29.7 Å². The molecule has 1 aliphatic rings. The molecule has 0 aliphatic carbocycles. The van der Waals surface area contributed by atoms with Crippen molar-refractivity contribution in [1.82, 2.24) is 9.29 Å². The molecule has 2 amide bonds. The second-order valence-corrected chi connectivity index (χ2v) is 9.94. The number of esters is 1. The second-order valence-electron chi connectivity index (χ2n) is 8.05. The number of amides is 2. The van der Waals surface area contributed by atoms with Gasteiger partial charge in [-0.2, -0.15) is 4.31 Å². The Bertz CT molecular complexity index is 1360. The number of sulfonamides is 1. The normalized spacial score (nSPS) is 16.1. The number of ether oxygens (including phenoxy) is 1. The van der Waals surface area contributed by atoms with E-state index in [-0.39, 0.29) is 29.1 Å². The number of aryl methyl sites for hydroxylation is 1. The number of carbonyl (C=O) groups excluding carboxylic acids is 3. The number of anilines is 1. The van der Waals surface area contributed by atoms with Crippen LogP contribution in [0.1, 0.15) is 27.9 Å². The third-order valence-corrected chi connectivity index (χ3v) is 7.57. The Kier molecular flexibility index (Phi) is 6.77. The molecule has 1 aromatic heterocycles. The van der Waals surface area contributed by atoms with E-state index in [4.69, 9.17) is 0 Å². The van der Waals surface area contributed by atoms with Crippen LogP contribution in [0.25, 0.3) is 0 Å².